The van der Waals surface area contributed by atoms with Crippen LogP contribution in [0, 0.1) is 17.0 Å². The van der Waals surface area contributed by atoms with E-state index in [-0.39, 0.29) is 35.8 Å². The SMILES string of the molecule is CN=C(NCCNc1ccccc1[N+](=O)[O-])NCc1ccc(C)cc1OC1CCOC1.I. The molecule has 1 aliphatic rings. The highest BCUT2D eigenvalue weighted by atomic mass is 127. The number of para-hydroxylation sites is 2. The van der Waals surface area contributed by atoms with Crippen molar-refractivity contribution in [2.24, 2.45) is 4.99 Å². The predicted octanol–water partition coefficient (Wildman–Crippen LogP) is 3.47. The van der Waals surface area contributed by atoms with Crippen molar-refractivity contribution in [2.45, 2.75) is 26.0 Å². The van der Waals surface area contributed by atoms with E-state index in [0.717, 1.165) is 29.9 Å². The van der Waals surface area contributed by atoms with Gasteiger partial charge in [-0.15, -0.1) is 24.0 Å². The van der Waals surface area contributed by atoms with Gasteiger partial charge in [-0.1, -0.05) is 24.3 Å². The van der Waals surface area contributed by atoms with Gasteiger partial charge in [-0.05, 0) is 24.6 Å². The number of halogens is 1. The molecule has 3 N–H and O–H groups in total. The van der Waals surface area contributed by atoms with Crippen molar-refractivity contribution in [3.8, 4) is 5.75 Å². The highest BCUT2D eigenvalue weighted by molar-refractivity contribution is 14.0. The van der Waals surface area contributed by atoms with E-state index in [4.69, 9.17) is 9.47 Å². The zero-order chi connectivity index (χ0) is 22.1. The fraction of sp³-hybridized carbons (Fsp3) is 0.409. The first-order valence-corrected chi connectivity index (χ1v) is 10.3. The Morgan fingerprint density at radius 2 is 2.06 bits per heavy atom. The standard InChI is InChI=1S/C22H29N5O4.HI/c1-16-7-8-17(21(13-16)31-18-9-12-30-15-18)14-26-22(23-2)25-11-10-24-19-5-3-4-6-20(19)27(28)29;/h3-8,13,18,24H,9-12,14-15H2,1-2H3,(H2,23,25,26);1H. The largest absolute Gasteiger partial charge is 0.488 e. The molecule has 0 saturated carbocycles. The number of nitro groups is 1. The third-order valence-electron chi connectivity index (χ3n) is 4.91. The minimum atomic E-state index is -0.394. The number of rotatable bonds is 9. The first-order valence-electron chi connectivity index (χ1n) is 10.3. The van der Waals surface area contributed by atoms with Crippen LogP contribution >= 0.6 is 24.0 Å². The number of benzene rings is 2. The molecule has 2 aromatic carbocycles. The second-order valence-electron chi connectivity index (χ2n) is 7.27. The molecule has 1 saturated heterocycles. The molecular weight excluding hydrogens is 525 g/mol. The van der Waals surface area contributed by atoms with Gasteiger partial charge in [0.1, 0.15) is 17.5 Å². The second-order valence-corrected chi connectivity index (χ2v) is 7.27. The number of guanidine groups is 1. The van der Waals surface area contributed by atoms with Gasteiger partial charge in [-0.3, -0.25) is 15.1 Å². The summed E-state index contributed by atoms with van der Waals surface area (Å²) >= 11 is 0. The number of anilines is 1. The normalized spacial score (nSPS) is 15.6. The van der Waals surface area contributed by atoms with Crippen molar-refractivity contribution in [3.05, 3.63) is 63.7 Å². The van der Waals surface area contributed by atoms with Crippen LogP contribution in [-0.4, -0.2) is 50.3 Å². The number of nitro benzene ring substituents is 1. The Labute approximate surface area is 205 Å². The number of aliphatic imine (C=N–C) groups is 1. The van der Waals surface area contributed by atoms with Crippen LogP contribution in [0.25, 0.3) is 0 Å². The molecule has 3 rings (SSSR count). The molecule has 1 fully saturated rings. The molecular formula is C22H30IN5O4. The van der Waals surface area contributed by atoms with Crippen LogP contribution in [0.4, 0.5) is 11.4 Å². The maximum absolute atomic E-state index is 11.1. The van der Waals surface area contributed by atoms with Gasteiger partial charge in [-0.2, -0.15) is 0 Å². The quantitative estimate of drug-likeness (QED) is 0.109. The van der Waals surface area contributed by atoms with Crippen molar-refractivity contribution in [3.63, 3.8) is 0 Å². The first-order chi connectivity index (χ1) is 15.1. The van der Waals surface area contributed by atoms with Gasteiger partial charge >= 0.3 is 0 Å². The Balaban J connectivity index is 0.00000363. The minimum absolute atomic E-state index is 0. The highest BCUT2D eigenvalue weighted by Gasteiger charge is 2.19. The van der Waals surface area contributed by atoms with Crippen molar-refractivity contribution in [1.29, 1.82) is 0 Å². The first kappa shape index (κ1) is 25.7. The number of nitrogens with zero attached hydrogens (tertiary/aromatic N) is 2. The lowest BCUT2D eigenvalue weighted by Crippen LogP contribution is -2.39. The Bertz CT molecular complexity index is 919. The zero-order valence-corrected chi connectivity index (χ0v) is 20.6. The maximum atomic E-state index is 11.1. The number of hydrogen-bond acceptors (Lipinski definition) is 6. The van der Waals surface area contributed by atoms with Gasteiger partial charge < -0.3 is 25.4 Å². The second kappa shape index (κ2) is 13.1. The monoisotopic (exact) mass is 555 g/mol. The van der Waals surface area contributed by atoms with Crippen LogP contribution < -0.4 is 20.7 Å². The van der Waals surface area contributed by atoms with E-state index in [2.05, 4.69) is 33.1 Å². The number of nitrogens with one attached hydrogen (secondary N) is 3. The molecule has 32 heavy (non-hydrogen) atoms. The summed E-state index contributed by atoms with van der Waals surface area (Å²) in [5.74, 6) is 1.50. The van der Waals surface area contributed by atoms with Crippen LogP contribution in [-0.2, 0) is 11.3 Å². The third kappa shape index (κ3) is 7.52. The summed E-state index contributed by atoms with van der Waals surface area (Å²) in [7, 11) is 1.70. The van der Waals surface area contributed by atoms with Crippen molar-refractivity contribution in [1.82, 2.24) is 10.6 Å². The van der Waals surface area contributed by atoms with Gasteiger partial charge in [0.25, 0.3) is 5.69 Å². The van der Waals surface area contributed by atoms with E-state index in [1.807, 2.05) is 13.0 Å². The average molecular weight is 555 g/mol. The summed E-state index contributed by atoms with van der Waals surface area (Å²) < 4.78 is 11.6. The van der Waals surface area contributed by atoms with E-state index in [9.17, 15) is 10.1 Å². The van der Waals surface area contributed by atoms with Crippen molar-refractivity contribution in [2.75, 3.05) is 38.7 Å². The fourth-order valence-corrected chi connectivity index (χ4v) is 3.26. The summed E-state index contributed by atoms with van der Waals surface area (Å²) in [6.45, 7) is 5.01. The van der Waals surface area contributed by atoms with Crippen molar-refractivity contribution < 1.29 is 14.4 Å². The molecule has 1 unspecified atom stereocenters. The van der Waals surface area contributed by atoms with Crippen LogP contribution in [0.15, 0.2) is 47.5 Å². The molecule has 1 aliphatic heterocycles. The Morgan fingerprint density at radius 1 is 1.25 bits per heavy atom. The van der Waals surface area contributed by atoms with Crippen molar-refractivity contribution >= 4 is 41.3 Å². The summed E-state index contributed by atoms with van der Waals surface area (Å²) in [4.78, 5) is 14.9. The number of ether oxygens (including phenoxy) is 2. The van der Waals surface area contributed by atoms with E-state index < -0.39 is 4.92 Å². The minimum Gasteiger partial charge on any atom is -0.488 e. The molecule has 2 aromatic rings. The van der Waals surface area contributed by atoms with Gasteiger partial charge in [-0.25, -0.2) is 0 Å². The third-order valence-corrected chi connectivity index (χ3v) is 4.91. The molecule has 1 heterocycles. The molecule has 0 bridgehead atoms. The van der Waals surface area contributed by atoms with E-state index in [1.54, 1.807) is 25.2 Å². The molecule has 1 atom stereocenters. The van der Waals surface area contributed by atoms with E-state index in [1.165, 1.54) is 6.07 Å². The van der Waals surface area contributed by atoms with E-state index >= 15 is 0 Å². The predicted molar refractivity (Wildman–Crippen MR) is 136 cm³/mol. The number of aryl methyl sites for hydroxylation is 1. The van der Waals surface area contributed by atoms with E-state index in [0.29, 0.717) is 37.9 Å². The lowest BCUT2D eigenvalue weighted by atomic mass is 10.1. The zero-order valence-electron chi connectivity index (χ0n) is 18.3. The summed E-state index contributed by atoms with van der Waals surface area (Å²) in [5, 5.41) is 20.7. The summed E-state index contributed by atoms with van der Waals surface area (Å²) in [6, 6.07) is 12.7. The highest BCUT2D eigenvalue weighted by Crippen LogP contribution is 2.24. The topological polar surface area (TPSA) is 110 Å². The fourth-order valence-electron chi connectivity index (χ4n) is 3.26. The molecule has 0 aromatic heterocycles. The molecule has 174 valence electrons. The average Bonchev–Trinajstić information content (AvgIpc) is 3.27. The Hall–Kier alpha value is -2.60. The Morgan fingerprint density at radius 3 is 2.78 bits per heavy atom. The lowest BCUT2D eigenvalue weighted by molar-refractivity contribution is -0.384. The maximum Gasteiger partial charge on any atom is 0.292 e. The lowest BCUT2D eigenvalue weighted by Gasteiger charge is -2.18. The van der Waals surface area contributed by atoms with Gasteiger partial charge in [0, 0.05) is 44.7 Å². The number of hydrogen-bond donors (Lipinski definition) is 3. The van der Waals surface area contributed by atoms with Gasteiger partial charge in [0.2, 0.25) is 0 Å². The molecule has 0 spiro atoms. The molecule has 10 heteroatoms. The van der Waals surface area contributed by atoms with Crippen LogP contribution in [0.5, 0.6) is 5.75 Å². The summed E-state index contributed by atoms with van der Waals surface area (Å²) in [6.07, 6.45) is 0.988. The molecule has 9 nitrogen and oxygen atoms in total. The Kier molecular flexibility index (Phi) is 10.5. The summed E-state index contributed by atoms with van der Waals surface area (Å²) in [5.41, 5.74) is 2.74. The molecule has 0 amide bonds. The van der Waals surface area contributed by atoms with Gasteiger partial charge in [0.05, 0.1) is 18.1 Å². The molecule has 0 aliphatic carbocycles. The van der Waals surface area contributed by atoms with Crippen LogP contribution in [0.2, 0.25) is 0 Å². The van der Waals surface area contributed by atoms with Crippen LogP contribution in [0.3, 0.4) is 0 Å². The van der Waals surface area contributed by atoms with Crippen LogP contribution in [0.1, 0.15) is 17.5 Å². The smallest absolute Gasteiger partial charge is 0.292 e. The van der Waals surface area contributed by atoms with Gasteiger partial charge in [0.15, 0.2) is 5.96 Å². The molecule has 0 radical (unpaired) electrons.